The summed E-state index contributed by atoms with van der Waals surface area (Å²) in [6.45, 7) is 9.14. The number of piperidine rings is 1. The zero-order valence-electron chi connectivity index (χ0n) is 15.7. The number of hydrogen-bond donors (Lipinski definition) is 0. The maximum Gasteiger partial charge on any atom is 0.222 e. The molecule has 0 radical (unpaired) electrons. The molecule has 2 aliphatic heterocycles. The van der Waals surface area contributed by atoms with Gasteiger partial charge in [-0.2, -0.15) is 0 Å². The van der Waals surface area contributed by atoms with E-state index < -0.39 is 0 Å². The minimum absolute atomic E-state index is 0.415. The number of fused-ring (bicyclic) bond motifs is 1. The molecular weight excluding hydrogens is 314 g/mol. The number of amides is 1. The number of carbonyl (C=O) groups excluding carboxylic acids is 1. The van der Waals surface area contributed by atoms with E-state index in [1.165, 1.54) is 37.7 Å². The van der Waals surface area contributed by atoms with Crippen molar-refractivity contribution < 1.29 is 9.32 Å². The van der Waals surface area contributed by atoms with Gasteiger partial charge in [0.2, 0.25) is 5.91 Å². The zero-order valence-corrected chi connectivity index (χ0v) is 15.7. The predicted octanol–water partition coefficient (Wildman–Crippen LogP) is 3.15. The second-order valence-electron chi connectivity index (χ2n) is 8.50. The van der Waals surface area contributed by atoms with E-state index in [4.69, 9.17) is 4.52 Å². The highest BCUT2D eigenvalue weighted by molar-refractivity contribution is 5.76. The summed E-state index contributed by atoms with van der Waals surface area (Å²) in [6.07, 6.45) is 7.17. The van der Waals surface area contributed by atoms with Crippen LogP contribution in [0.2, 0.25) is 0 Å². The van der Waals surface area contributed by atoms with Gasteiger partial charge in [0.1, 0.15) is 5.76 Å². The highest BCUT2D eigenvalue weighted by Crippen LogP contribution is 2.34. The van der Waals surface area contributed by atoms with E-state index in [9.17, 15) is 4.79 Å². The molecule has 5 nitrogen and oxygen atoms in total. The Bertz CT molecular complexity index is 601. The summed E-state index contributed by atoms with van der Waals surface area (Å²) in [5.41, 5.74) is 2.25. The number of aryl methyl sites for hydroxylation is 2. The Labute approximate surface area is 150 Å². The van der Waals surface area contributed by atoms with Gasteiger partial charge in [-0.15, -0.1) is 0 Å². The first-order chi connectivity index (χ1) is 12.1. The minimum atomic E-state index is 0.415. The van der Waals surface area contributed by atoms with Crippen molar-refractivity contribution in [1.29, 1.82) is 0 Å². The van der Waals surface area contributed by atoms with Crippen LogP contribution in [-0.4, -0.2) is 47.0 Å². The normalized spacial score (nSPS) is 27.8. The molecule has 138 valence electrons. The van der Waals surface area contributed by atoms with Gasteiger partial charge in [0.25, 0.3) is 0 Å². The van der Waals surface area contributed by atoms with Gasteiger partial charge in [-0.05, 0) is 57.4 Å². The van der Waals surface area contributed by atoms with Crippen molar-refractivity contribution in [2.45, 2.75) is 58.9 Å². The van der Waals surface area contributed by atoms with Crippen molar-refractivity contribution in [3.63, 3.8) is 0 Å². The molecule has 3 fully saturated rings. The number of nitrogens with zero attached hydrogens (tertiary/aromatic N) is 3. The van der Waals surface area contributed by atoms with Crippen molar-refractivity contribution >= 4 is 5.91 Å². The smallest absolute Gasteiger partial charge is 0.222 e. The highest BCUT2D eigenvalue weighted by atomic mass is 16.5. The van der Waals surface area contributed by atoms with Crippen molar-refractivity contribution in [3.8, 4) is 0 Å². The number of aromatic nitrogens is 1. The molecule has 2 atom stereocenters. The van der Waals surface area contributed by atoms with Gasteiger partial charge in [-0.25, -0.2) is 0 Å². The molecule has 0 spiro atoms. The van der Waals surface area contributed by atoms with Gasteiger partial charge in [0.15, 0.2) is 0 Å². The Hall–Kier alpha value is -1.36. The van der Waals surface area contributed by atoms with E-state index in [0.717, 1.165) is 50.6 Å². The Morgan fingerprint density at radius 1 is 1.12 bits per heavy atom. The van der Waals surface area contributed by atoms with Crippen molar-refractivity contribution in [2.75, 3.05) is 26.2 Å². The first kappa shape index (κ1) is 17.1. The lowest BCUT2D eigenvalue weighted by atomic mass is 9.88. The third kappa shape index (κ3) is 3.62. The molecule has 3 heterocycles. The molecule has 0 bridgehead atoms. The fraction of sp³-hybridized carbons (Fsp3) is 0.800. The monoisotopic (exact) mass is 345 g/mol. The van der Waals surface area contributed by atoms with Crippen molar-refractivity contribution in [1.82, 2.24) is 15.0 Å². The van der Waals surface area contributed by atoms with Crippen molar-refractivity contribution in [2.24, 2.45) is 17.8 Å². The summed E-state index contributed by atoms with van der Waals surface area (Å²) in [7, 11) is 0. The third-order valence-electron chi connectivity index (χ3n) is 6.74. The van der Waals surface area contributed by atoms with Gasteiger partial charge in [0.05, 0.1) is 5.69 Å². The molecule has 1 aromatic heterocycles. The van der Waals surface area contributed by atoms with E-state index >= 15 is 0 Å². The lowest BCUT2D eigenvalue weighted by molar-refractivity contribution is -0.131. The molecule has 25 heavy (non-hydrogen) atoms. The third-order valence-corrected chi connectivity index (χ3v) is 6.74. The average Bonchev–Trinajstić information content (AvgIpc) is 3.31. The SMILES string of the molecule is Cc1noc(C)c1CN1CC[C@H]2CN(C(=O)CC3CCCC3)C[C@H]2C1. The molecule has 4 rings (SSSR count). The van der Waals surface area contributed by atoms with E-state index in [1.807, 2.05) is 13.8 Å². The van der Waals surface area contributed by atoms with Crippen LogP contribution in [0.4, 0.5) is 0 Å². The highest BCUT2D eigenvalue weighted by Gasteiger charge is 2.39. The first-order valence-corrected chi connectivity index (χ1v) is 10.0. The van der Waals surface area contributed by atoms with E-state index in [2.05, 4.69) is 15.0 Å². The van der Waals surface area contributed by atoms with Gasteiger partial charge in [0, 0.05) is 38.2 Å². The maximum atomic E-state index is 12.7. The predicted molar refractivity (Wildman–Crippen MR) is 96.0 cm³/mol. The molecular formula is C20H31N3O2. The summed E-state index contributed by atoms with van der Waals surface area (Å²) in [6, 6.07) is 0. The van der Waals surface area contributed by atoms with E-state index in [-0.39, 0.29) is 0 Å². The van der Waals surface area contributed by atoms with Crippen LogP contribution in [0, 0.1) is 31.6 Å². The average molecular weight is 345 g/mol. The Morgan fingerprint density at radius 2 is 1.88 bits per heavy atom. The summed E-state index contributed by atoms with van der Waals surface area (Å²) < 4.78 is 5.31. The van der Waals surface area contributed by atoms with Crippen LogP contribution >= 0.6 is 0 Å². The lowest BCUT2D eigenvalue weighted by Crippen LogP contribution is -2.39. The zero-order chi connectivity index (χ0) is 17.4. The molecule has 1 aliphatic carbocycles. The largest absolute Gasteiger partial charge is 0.361 e. The summed E-state index contributed by atoms with van der Waals surface area (Å²) >= 11 is 0. The van der Waals surface area contributed by atoms with Crippen LogP contribution in [0.3, 0.4) is 0 Å². The molecule has 1 saturated carbocycles. The number of hydrogen-bond acceptors (Lipinski definition) is 4. The van der Waals surface area contributed by atoms with Crippen molar-refractivity contribution in [3.05, 3.63) is 17.0 Å². The maximum absolute atomic E-state index is 12.7. The Balaban J connectivity index is 1.32. The van der Waals surface area contributed by atoms with Crippen LogP contribution in [0.25, 0.3) is 0 Å². The fourth-order valence-electron chi connectivity index (χ4n) is 5.13. The Morgan fingerprint density at radius 3 is 2.60 bits per heavy atom. The lowest BCUT2D eigenvalue weighted by Gasteiger charge is -2.34. The summed E-state index contributed by atoms with van der Waals surface area (Å²) in [5, 5.41) is 4.08. The molecule has 1 amide bonds. The van der Waals surface area contributed by atoms with Gasteiger partial charge in [-0.3, -0.25) is 9.69 Å². The fourth-order valence-corrected chi connectivity index (χ4v) is 5.13. The molecule has 3 aliphatic rings. The summed E-state index contributed by atoms with van der Waals surface area (Å²) in [5.74, 6) is 3.36. The number of rotatable bonds is 4. The van der Waals surface area contributed by atoms with Gasteiger partial charge >= 0.3 is 0 Å². The van der Waals surface area contributed by atoms with Crippen LogP contribution in [0.5, 0.6) is 0 Å². The number of carbonyl (C=O) groups is 1. The van der Waals surface area contributed by atoms with Gasteiger partial charge < -0.3 is 9.42 Å². The summed E-state index contributed by atoms with van der Waals surface area (Å²) in [4.78, 5) is 17.4. The van der Waals surface area contributed by atoms with E-state index in [0.29, 0.717) is 23.7 Å². The number of likely N-dealkylation sites (tertiary alicyclic amines) is 2. The van der Waals surface area contributed by atoms with Gasteiger partial charge in [-0.1, -0.05) is 18.0 Å². The molecule has 0 aromatic carbocycles. The van der Waals surface area contributed by atoms with Crippen LogP contribution in [0.15, 0.2) is 4.52 Å². The molecule has 0 N–H and O–H groups in total. The second-order valence-corrected chi connectivity index (χ2v) is 8.50. The second kappa shape index (κ2) is 7.10. The molecule has 5 heteroatoms. The van der Waals surface area contributed by atoms with E-state index in [1.54, 1.807) is 0 Å². The van der Waals surface area contributed by atoms with Crippen LogP contribution in [-0.2, 0) is 11.3 Å². The minimum Gasteiger partial charge on any atom is -0.361 e. The molecule has 2 saturated heterocycles. The van der Waals surface area contributed by atoms with Crippen LogP contribution in [0.1, 0.15) is 55.5 Å². The quantitative estimate of drug-likeness (QED) is 0.841. The molecule has 1 aromatic rings. The van der Waals surface area contributed by atoms with Crippen LogP contribution < -0.4 is 0 Å². The first-order valence-electron chi connectivity index (χ1n) is 10.0. The Kier molecular flexibility index (Phi) is 4.85. The topological polar surface area (TPSA) is 49.6 Å². The molecule has 0 unspecified atom stereocenters. The standard InChI is InChI=1S/C20H31N3O2/c1-14-19(15(2)25-21-14)13-22-8-7-17-11-23(12-18(17)10-22)20(24)9-16-5-3-4-6-16/h16-18H,3-13H2,1-2H3/t17-,18+/m0/s1.